The molecule has 2 saturated carbocycles. The second-order valence-corrected chi connectivity index (χ2v) is 9.88. The molecule has 162 valence electrons. The van der Waals surface area contributed by atoms with Gasteiger partial charge in [-0.25, -0.2) is 0 Å². The maximum atomic E-state index is 13.0. The van der Waals surface area contributed by atoms with Gasteiger partial charge in [-0.1, -0.05) is 24.3 Å². The van der Waals surface area contributed by atoms with Crippen molar-refractivity contribution >= 4 is 17.7 Å². The molecule has 1 aromatic rings. The van der Waals surface area contributed by atoms with E-state index in [0.717, 1.165) is 49.7 Å². The van der Waals surface area contributed by atoms with Gasteiger partial charge in [-0.2, -0.15) is 5.01 Å². The van der Waals surface area contributed by atoms with Gasteiger partial charge in [-0.05, 0) is 54.8 Å². The van der Waals surface area contributed by atoms with E-state index in [1.165, 1.54) is 0 Å². The molecule has 4 aliphatic carbocycles. The highest BCUT2D eigenvalue weighted by Gasteiger charge is 2.67. The molecule has 2 bridgehead atoms. The summed E-state index contributed by atoms with van der Waals surface area (Å²) in [7, 11) is 2.14. The molecule has 7 nitrogen and oxygen atoms in total. The Bertz CT molecular complexity index is 930. The summed E-state index contributed by atoms with van der Waals surface area (Å²) >= 11 is 0. The molecule has 2 heterocycles. The van der Waals surface area contributed by atoms with Crippen molar-refractivity contribution in [3.63, 3.8) is 0 Å². The fraction of sp³-hybridized carbons (Fsp3) is 0.542. The van der Waals surface area contributed by atoms with Gasteiger partial charge in [-0.3, -0.25) is 24.7 Å². The first-order valence-corrected chi connectivity index (χ1v) is 11.4. The minimum atomic E-state index is -0.406. The molecule has 2 saturated heterocycles. The third-order valence-corrected chi connectivity index (χ3v) is 8.09. The summed E-state index contributed by atoms with van der Waals surface area (Å²) in [6, 6.07) is 7.47. The molecule has 6 aliphatic rings. The zero-order valence-corrected chi connectivity index (χ0v) is 17.7. The van der Waals surface area contributed by atoms with Crippen molar-refractivity contribution in [2.75, 3.05) is 33.2 Å². The van der Waals surface area contributed by atoms with E-state index in [4.69, 9.17) is 0 Å². The van der Waals surface area contributed by atoms with Gasteiger partial charge in [0.05, 0.1) is 11.8 Å². The van der Waals surface area contributed by atoms with E-state index in [1.54, 1.807) is 12.1 Å². The van der Waals surface area contributed by atoms with Crippen LogP contribution in [-0.4, -0.2) is 65.8 Å². The van der Waals surface area contributed by atoms with Crippen molar-refractivity contribution in [1.82, 2.24) is 20.2 Å². The van der Waals surface area contributed by atoms with Gasteiger partial charge in [0.15, 0.2) is 0 Å². The topological polar surface area (TPSA) is 73.0 Å². The Hall–Kier alpha value is -2.51. The minimum Gasteiger partial charge on any atom is -0.304 e. The lowest BCUT2D eigenvalue weighted by Gasteiger charge is -2.37. The van der Waals surface area contributed by atoms with Gasteiger partial charge in [-0.15, -0.1) is 0 Å². The standard InChI is InChI=1S/C24H28N4O3/c1-26-8-10-27(11-9-26)13-14-2-4-15(5-3-14)22(29)25-28-23(30)20-16-6-7-17(19-12-18(16)19)21(20)24(28)31/h2-7,16-21H,8-13H2,1H3,(H,25,29)/t16-,17+,18?,19?,20-,21+. The first-order valence-electron chi connectivity index (χ1n) is 11.4. The number of hydrogen-bond acceptors (Lipinski definition) is 5. The first-order chi connectivity index (χ1) is 15.0. The number of amides is 3. The highest BCUT2D eigenvalue weighted by atomic mass is 16.2. The molecule has 1 N–H and O–H groups in total. The molecule has 2 unspecified atom stereocenters. The molecule has 2 aliphatic heterocycles. The highest BCUT2D eigenvalue weighted by Crippen LogP contribution is 2.65. The number of hydrogen-bond donors (Lipinski definition) is 1. The summed E-state index contributed by atoms with van der Waals surface area (Å²) in [4.78, 5) is 43.6. The molecular weight excluding hydrogens is 392 g/mol. The molecule has 7 rings (SSSR count). The van der Waals surface area contributed by atoms with Crippen LogP contribution in [0.15, 0.2) is 36.4 Å². The van der Waals surface area contributed by atoms with Crippen LogP contribution in [0.25, 0.3) is 0 Å². The maximum Gasteiger partial charge on any atom is 0.270 e. The lowest BCUT2D eigenvalue weighted by molar-refractivity contribution is -0.143. The average Bonchev–Trinajstić information content (AvgIpc) is 3.57. The predicted molar refractivity (Wildman–Crippen MR) is 113 cm³/mol. The number of piperazine rings is 1. The van der Waals surface area contributed by atoms with Crippen LogP contribution in [-0.2, 0) is 16.1 Å². The second kappa shape index (κ2) is 7.00. The molecular formula is C24H28N4O3. The number of rotatable bonds is 4. The summed E-state index contributed by atoms with van der Waals surface area (Å²) < 4.78 is 0. The van der Waals surface area contributed by atoms with Gasteiger partial charge < -0.3 is 4.90 Å². The Balaban J connectivity index is 1.11. The van der Waals surface area contributed by atoms with Crippen molar-refractivity contribution in [3.8, 4) is 0 Å². The van der Waals surface area contributed by atoms with Crippen molar-refractivity contribution < 1.29 is 14.4 Å². The Labute approximate surface area is 182 Å². The van der Waals surface area contributed by atoms with Crippen LogP contribution < -0.4 is 5.43 Å². The van der Waals surface area contributed by atoms with Crippen molar-refractivity contribution in [2.24, 2.45) is 35.5 Å². The normalized spacial score (nSPS) is 36.5. The minimum absolute atomic E-state index is 0.159. The molecule has 31 heavy (non-hydrogen) atoms. The summed E-state index contributed by atoms with van der Waals surface area (Å²) in [5, 5.41) is 1.01. The number of hydrazine groups is 1. The van der Waals surface area contributed by atoms with Crippen molar-refractivity contribution in [1.29, 1.82) is 0 Å². The average molecular weight is 421 g/mol. The van der Waals surface area contributed by atoms with Crippen LogP contribution in [0.1, 0.15) is 22.3 Å². The van der Waals surface area contributed by atoms with E-state index < -0.39 is 5.91 Å². The first kappa shape index (κ1) is 19.2. The van der Waals surface area contributed by atoms with Crippen LogP contribution in [0.3, 0.4) is 0 Å². The van der Waals surface area contributed by atoms with Gasteiger partial charge >= 0.3 is 0 Å². The van der Waals surface area contributed by atoms with E-state index >= 15 is 0 Å². The van der Waals surface area contributed by atoms with Gasteiger partial charge in [0.2, 0.25) is 0 Å². The van der Waals surface area contributed by atoms with Crippen LogP contribution in [0.2, 0.25) is 0 Å². The number of carbonyl (C=O) groups excluding carboxylic acids is 3. The number of carbonyl (C=O) groups is 3. The Morgan fingerprint density at radius 1 is 0.935 bits per heavy atom. The van der Waals surface area contributed by atoms with E-state index in [2.05, 4.69) is 34.4 Å². The molecule has 7 heteroatoms. The second-order valence-electron chi connectivity index (χ2n) is 9.88. The van der Waals surface area contributed by atoms with Crippen molar-refractivity contribution in [3.05, 3.63) is 47.5 Å². The lowest BCUT2D eigenvalue weighted by Crippen LogP contribution is -2.47. The smallest absolute Gasteiger partial charge is 0.270 e. The van der Waals surface area contributed by atoms with E-state index in [9.17, 15) is 14.4 Å². The van der Waals surface area contributed by atoms with E-state index in [0.29, 0.717) is 17.4 Å². The number of allylic oxidation sites excluding steroid dienone is 2. The number of likely N-dealkylation sites (N-methyl/N-ethyl adjacent to an activating group) is 1. The highest BCUT2D eigenvalue weighted by molar-refractivity contribution is 6.08. The number of nitrogens with zero attached hydrogens (tertiary/aromatic N) is 3. The SMILES string of the molecule is CN1CCN(Cc2ccc(C(=O)NN3C(=O)[C@@H]4[C@H](C3=O)[C@@H]3C=C[C@H]4C4CC43)cc2)CC1. The fourth-order valence-electron chi connectivity index (χ4n) is 6.26. The largest absolute Gasteiger partial charge is 0.304 e. The van der Waals surface area contributed by atoms with Gasteiger partial charge in [0, 0.05) is 38.3 Å². The Morgan fingerprint density at radius 3 is 2.10 bits per heavy atom. The zero-order chi connectivity index (χ0) is 21.3. The summed E-state index contributed by atoms with van der Waals surface area (Å²) in [6.07, 6.45) is 5.40. The van der Waals surface area contributed by atoms with Crippen LogP contribution in [0.5, 0.6) is 0 Å². The quantitative estimate of drug-likeness (QED) is 0.584. The van der Waals surface area contributed by atoms with Crippen LogP contribution >= 0.6 is 0 Å². The molecule has 3 amide bonds. The number of benzene rings is 1. The van der Waals surface area contributed by atoms with Crippen molar-refractivity contribution in [2.45, 2.75) is 13.0 Å². The predicted octanol–water partition coefficient (Wildman–Crippen LogP) is 1.13. The Kier molecular flexibility index (Phi) is 4.34. The van der Waals surface area contributed by atoms with Gasteiger partial charge in [0.25, 0.3) is 17.7 Å². The Morgan fingerprint density at radius 2 is 1.52 bits per heavy atom. The fourth-order valence-corrected chi connectivity index (χ4v) is 6.26. The summed E-state index contributed by atoms with van der Waals surface area (Å²) in [6.45, 7) is 5.08. The van der Waals surface area contributed by atoms with Gasteiger partial charge in [0.1, 0.15) is 0 Å². The molecule has 0 spiro atoms. The molecule has 4 fully saturated rings. The number of imide groups is 1. The summed E-state index contributed by atoms with van der Waals surface area (Å²) in [5.41, 5.74) is 4.22. The number of nitrogens with one attached hydrogen (secondary N) is 1. The third-order valence-electron chi connectivity index (χ3n) is 8.09. The zero-order valence-electron chi connectivity index (χ0n) is 17.7. The molecule has 6 atom stereocenters. The molecule has 0 aromatic heterocycles. The van der Waals surface area contributed by atoms with E-state index in [-0.39, 0.29) is 35.5 Å². The molecule has 1 aromatic carbocycles. The lowest BCUT2D eigenvalue weighted by atomic mass is 9.63. The maximum absolute atomic E-state index is 13.0. The van der Waals surface area contributed by atoms with Crippen LogP contribution in [0, 0.1) is 35.5 Å². The summed E-state index contributed by atoms with van der Waals surface area (Å²) in [5.74, 6) is -0.0427. The molecule has 0 radical (unpaired) electrons. The third kappa shape index (κ3) is 3.05. The monoisotopic (exact) mass is 420 g/mol. The van der Waals surface area contributed by atoms with Crippen LogP contribution in [0.4, 0.5) is 0 Å². The van der Waals surface area contributed by atoms with E-state index in [1.807, 2.05) is 12.1 Å².